The summed E-state index contributed by atoms with van der Waals surface area (Å²) in [6.45, 7) is 5.94. The van der Waals surface area contributed by atoms with Gasteiger partial charge in [-0.2, -0.15) is 0 Å². The third-order valence-electron chi connectivity index (χ3n) is 3.49. The van der Waals surface area contributed by atoms with Gasteiger partial charge in [0.1, 0.15) is 6.61 Å². The Morgan fingerprint density at radius 1 is 1.23 bits per heavy atom. The number of rotatable bonds is 6. The molecular formula is C16H20BrCl3O2. The second kappa shape index (κ2) is 8.23. The Balaban J connectivity index is 3.06. The minimum Gasteiger partial charge on any atom is -0.461 e. The first kappa shape index (κ1) is 20.1. The molecule has 1 aromatic rings. The van der Waals surface area contributed by atoms with Crippen molar-refractivity contribution in [1.82, 2.24) is 0 Å². The van der Waals surface area contributed by atoms with Crippen LogP contribution in [-0.2, 0) is 9.53 Å². The molecule has 0 N–H and O–H groups in total. The summed E-state index contributed by atoms with van der Waals surface area (Å²) in [5.41, 5.74) is 0.642. The maximum absolute atomic E-state index is 12.6. The summed E-state index contributed by atoms with van der Waals surface area (Å²) < 4.78 is 4.59. The van der Waals surface area contributed by atoms with Gasteiger partial charge in [0.15, 0.2) is 0 Å². The average molecular weight is 431 g/mol. The van der Waals surface area contributed by atoms with Gasteiger partial charge in [0.25, 0.3) is 0 Å². The van der Waals surface area contributed by atoms with Crippen molar-refractivity contribution in [3.8, 4) is 0 Å². The molecule has 0 aliphatic rings. The van der Waals surface area contributed by atoms with Crippen molar-refractivity contribution in [2.45, 2.75) is 43.3 Å². The van der Waals surface area contributed by atoms with Gasteiger partial charge in [-0.15, -0.1) is 0 Å². The molecule has 0 unspecified atom stereocenters. The fourth-order valence-electron chi connectivity index (χ4n) is 2.59. The number of hydrogen-bond donors (Lipinski definition) is 0. The fraction of sp³-hybridized carbons (Fsp3) is 0.562. The molecule has 124 valence electrons. The predicted octanol–water partition coefficient (Wildman–Crippen LogP) is 6.27. The van der Waals surface area contributed by atoms with Gasteiger partial charge in [-0.25, -0.2) is 0 Å². The zero-order valence-electron chi connectivity index (χ0n) is 12.8. The van der Waals surface area contributed by atoms with Crippen molar-refractivity contribution in [3.05, 3.63) is 34.3 Å². The average Bonchev–Trinajstić information content (AvgIpc) is 2.38. The highest BCUT2D eigenvalue weighted by Crippen LogP contribution is 2.41. The molecule has 0 amide bonds. The largest absolute Gasteiger partial charge is 0.461 e. The Kier molecular flexibility index (Phi) is 7.51. The Hall–Kier alpha value is 0.0400. The van der Waals surface area contributed by atoms with E-state index in [1.807, 2.05) is 24.3 Å². The van der Waals surface area contributed by atoms with Gasteiger partial charge in [0, 0.05) is 4.47 Å². The highest BCUT2D eigenvalue weighted by atomic mass is 79.9. The lowest BCUT2D eigenvalue weighted by atomic mass is 9.72. The monoisotopic (exact) mass is 428 g/mol. The molecule has 0 bridgehead atoms. The Morgan fingerprint density at radius 3 is 2.23 bits per heavy atom. The summed E-state index contributed by atoms with van der Waals surface area (Å²) in [5.74, 6) is -0.778. The Morgan fingerprint density at radius 2 is 1.77 bits per heavy atom. The smallest absolute Gasteiger partial charge is 0.314 e. The summed E-state index contributed by atoms with van der Waals surface area (Å²) in [6.07, 6.45) is 1.86. The molecule has 0 heterocycles. The van der Waals surface area contributed by atoms with Crippen LogP contribution in [0, 0.1) is 5.41 Å². The van der Waals surface area contributed by atoms with Crippen molar-refractivity contribution >= 4 is 56.7 Å². The van der Waals surface area contributed by atoms with Crippen molar-refractivity contribution < 1.29 is 9.53 Å². The van der Waals surface area contributed by atoms with Gasteiger partial charge in [-0.1, -0.05) is 90.1 Å². The lowest BCUT2D eigenvalue weighted by Crippen LogP contribution is -2.32. The second-order valence-corrected chi connectivity index (χ2v) is 9.38. The number of benzene rings is 1. The van der Waals surface area contributed by atoms with Crippen LogP contribution in [0.15, 0.2) is 28.7 Å². The van der Waals surface area contributed by atoms with Gasteiger partial charge in [-0.05, 0) is 29.5 Å². The highest BCUT2D eigenvalue weighted by Gasteiger charge is 2.38. The molecule has 0 radical (unpaired) electrons. The van der Waals surface area contributed by atoms with Gasteiger partial charge in [0.2, 0.25) is 3.79 Å². The van der Waals surface area contributed by atoms with E-state index < -0.39 is 9.71 Å². The maximum atomic E-state index is 12.6. The lowest BCUT2D eigenvalue weighted by molar-refractivity contribution is -0.148. The maximum Gasteiger partial charge on any atom is 0.314 e. The van der Waals surface area contributed by atoms with Crippen LogP contribution in [0.4, 0.5) is 0 Å². The second-order valence-electron chi connectivity index (χ2n) is 5.95. The summed E-state index contributed by atoms with van der Waals surface area (Å²) in [5, 5.41) is 0. The summed E-state index contributed by atoms with van der Waals surface area (Å²) in [4.78, 5) is 12.6. The van der Waals surface area contributed by atoms with E-state index in [1.54, 1.807) is 0 Å². The first-order chi connectivity index (χ1) is 10.1. The van der Waals surface area contributed by atoms with Crippen LogP contribution in [0.25, 0.3) is 0 Å². The predicted molar refractivity (Wildman–Crippen MR) is 96.8 cm³/mol. The zero-order valence-corrected chi connectivity index (χ0v) is 16.7. The van der Waals surface area contributed by atoms with Crippen LogP contribution >= 0.6 is 50.7 Å². The molecule has 0 saturated carbocycles. The number of carbonyl (C=O) groups excluding carboxylic acids is 1. The zero-order chi connectivity index (χ0) is 17.0. The van der Waals surface area contributed by atoms with E-state index >= 15 is 0 Å². The topological polar surface area (TPSA) is 26.3 Å². The highest BCUT2D eigenvalue weighted by molar-refractivity contribution is 9.10. The van der Waals surface area contributed by atoms with Crippen molar-refractivity contribution in [3.63, 3.8) is 0 Å². The van der Waals surface area contributed by atoms with Crippen molar-refractivity contribution in [1.29, 1.82) is 0 Å². The molecular weight excluding hydrogens is 410 g/mol. The molecule has 6 heteroatoms. The van der Waals surface area contributed by atoms with E-state index in [1.165, 1.54) is 0 Å². The minimum atomic E-state index is -1.60. The number of halogens is 4. The van der Waals surface area contributed by atoms with Gasteiger partial charge in [0.05, 0.1) is 5.92 Å². The van der Waals surface area contributed by atoms with E-state index in [4.69, 9.17) is 39.5 Å². The molecule has 0 aromatic heterocycles. The molecule has 0 aliphatic carbocycles. The first-order valence-corrected chi connectivity index (χ1v) is 8.98. The van der Waals surface area contributed by atoms with Gasteiger partial charge < -0.3 is 4.74 Å². The number of esters is 1. The van der Waals surface area contributed by atoms with E-state index in [-0.39, 0.29) is 18.0 Å². The quantitative estimate of drug-likeness (QED) is 0.393. The molecule has 0 saturated heterocycles. The number of alkyl halides is 3. The van der Waals surface area contributed by atoms with E-state index in [0.717, 1.165) is 22.9 Å². The molecule has 1 atom stereocenters. The van der Waals surface area contributed by atoms with Crippen LogP contribution < -0.4 is 0 Å². The normalized spacial score (nSPS) is 13.8. The van der Waals surface area contributed by atoms with Crippen LogP contribution in [0.3, 0.4) is 0 Å². The third-order valence-corrected chi connectivity index (χ3v) is 4.35. The fourth-order valence-corrected chi connectivity index (χ4v) is 3.01. The Bertz CT molecular complexity index is 495. The summed E-state index contributed by atoms with van der Waals surface area (Å²) in [6, 6.07) is 7.66. The van der Waals surface area contributed by atoms with E-state index in [0.29, 0.717) is 0 Å². The standard InChI is InChI=1S/C16H20BrCl3O2/c1-4-9-15(2,3)13(11-5-7-12(17)8-6-11)14(21)22-10-16(18,19)20/h5-8,13H,4,9-10H2,1-3H3/t13-/m0/s1. The number of carbonyl (C=O) groups is 1. The van der Waals surface area contributed by atoms with Gasteiger partial charge in [-0.3, -0.25) is 4.79 Å². The molecule has 1 rings (SSSR count). The Labute approximate surface area is 155 Å². The molecule has 0 aliphatic heterocycles. The molecule has 22 heavy (non-hydrogen) atoms. The molecule has 1 aromatic carbocycles. The van der Waals surface area contributed by atoms with E-state index in [9.17, 15) is 4.79 Å². The molecule has 2 nitrogen and oxygen atoms in total. The summed E-state index contributed by atoms with van der Waals surface area (Å²) >= 11 is 20.4. The number of ether oxygens (including phenoxy) is 1. The third kappa shape index (κ3) is 6.27. The van der Waals surface area contributed by atoms with Gasteiger partial charge >= 0.3 is 5.97 Å². The summed E-state index contributed by atoms with van der Waals surface area (Å²) in [7, 11) is 0. The van der Waals surface area contributed by atoms with Crippen LogP contribution in [0.5, 0.6) is 0 Å². The minimum absolute atomic E-state index is 0.257. The van der Waals surface area contributed by atoms with Crippen LogP contribution in [-0.4, -0.2) is 16.4 Å². The molecule has 0 spiro atoms. The van der Waals surface area contributed by atoms with Crippen molar-refractivity contribution in [2.24, 2.45) is 5.41 Å². The van der Waals surface area contributed by atoms with Crippen LogP contribution in [0.1, 0.15) is 45.1 Å². The number of hydrogen-bond acceptors (Lipinski definition) is 2. The lowest BCUT2D eigenvalue weighted by Gasteiger charge is -2.33. The van der Waals surface area contributed by atoms with Crippen LogP contribution in [0.2, 0.25) is 0 Å². The van der Waals surface area contributed by atoms with Crippen molar-refractivity contribution in [2.75, 3.05) is 6.61 Å². The molecule has 0 fully saturated rings. The SMILES string of the molecule is CCCC(C)(C)[C@H](C(=O)OCC(Cl)(Cl)Cl)c1ccc(Br)cc1. The first-order valence-electron chi connectivity index (χ1n) is 7.05. The van der Waals surface area contributed by atoms with E-state index in [2.05, 4.69) is 36.7 Å².